The Labute approximate surface area is 246 Å². The predicted octanol–water partition coefficient (Wildman–Crippen LogP) is 5.04. The number of H-pyrrole nitrogens is 1. The van der Waals surface area contributed by atoms with Gasteiger partial charge in [0.25, 0.3) is 5.56 Å². The molecule has 41 heavy (non-hydrogen) atoms. The molecule has 2 saturated heterocycles. The van der Waals surface area contributed by atoms with Gasteiger partial charge in [-0.1, -0.05) is 19.3 Å². The molecule has 0 bridgehead atoms. The topological polar surface area (TPSA) is 81.5 Å². The van der Waals surface area contributed by atoms with Gasteiger partial charge in [0.05, 0.1) is 11.3 Å². The predicted molar refractivity (Wildman–Crippen MR) is 168 cm³/mol. The molecule has 1 saturated carbocycles. The van der Waals surface area contributed by atoms with Crippen LogP contribution in [0.2, 0.25) is 0 Å². The minimum atomic E-state index is -0.465. The third kappa shape index (κ3) is 7.07. The number of piperazine rings is 1. The second kappa shape index (κ2) is 13.1. The molecule has 3 aromatic rings. The van der Waals surface area contributed by atoms with Crippen LogP contribution in [0.3, 0.4) is 0 Å². The van der Waals surface area contributed by atoms with Gasteiger partial charge in [0.1, 0.15) is 17.0 Å². The lowest BCUT2D eigenvalue weighted by Gasteiger charge is -2.43. The van der Waals surface area contributed by atoms with Crippen molar-refractivity contribution in [1.29, 1.82) is 0 Å². The molecule has 3 aliphatic rings. The number of piperidine rings is 1. The molecular formula is C32H43FN6OS. The van der Waals surface area contributed by atoms with Gasteiger partial charge in [0.2, 0.25) is 0 Å². The maximum atomic E-state index is 15.0. The number of nitrogens with one attached hydrogen (secondary N) is 1. The number of fused-ring (bicyclic) bond motifs is 1. The van der Waals surface area contributed by atoms with E-state index in [9.17, 15) is 9.18 Å². The maximum Gasteiger partial charge on any atom is 0.261 e. The summed E-state index contributed by atoms with van der Waals surface area (Å²) >= 11 is 1.87. The quantitative estimate of drug-likeness (QED) is 0.363. The molecule has 6 rings (SSSR count). The van der Waals surface area contributed by atoms with E-state index in [-0.39, 0.29) is 10.9 Å². The van der Waals surface area contributed by atoms with Crippen molar-refractivity contribution in [3.05, 3.63) is 64.0 Å². The van der Waals surface area contributed by atoms with Crippen LogP contribution >= 0.6 is 11.8 Å². The van der Waals surface area contributed by atoms with Crippen LogP contribution in [-0.2, 0) is 12.2 Å². The number of aromatic amines is 1. The minimum Gasteiger partial charge on any atom is -0.399 e. The molecule has 3 N–H and O–H groups in total. The van der Waals surface area contributed by atoms with Gasteiger partial charge >= 0.3 is 0 Å². The normalized spacial score (nSPS) is 20.2. The third-order valence-electron chi connectivity index (χ3n) is 9.24. The number of benzene rings is 2. The van der Waals surface area contributed by atoms with Gasteiger partial charge in [-0.3, -0.25) is 9.69 Å². The Morgan fingerprint density at radius 3 is 2.41 bits per heavy atom. The first-order valence-electron chi connectivity index (χ1n) is 15.4. The van der Waals surface area contributed by atoms with Crippen molar-refractivity contribution in [3.63, 3.8) is 0 Å². The lowest BCUT2D eigenvalue weighted by atomic mass is 10.0. The lowest BCUT2D eigenvalue weighted by molar-refractivity contribution is 0.0855. The average molecular weight is 579 g/mol. The molecule has 0 radical (unpaired) electrons. The smallest absolute Gasteiger partial charge is 0.261 e. The highest BCUT2D eigenvalue weighted by molar-refractivity contribution is 7.99. The fourth-order valence-electron chi connectivity index (χ4n) is 6.78. The van der Waals surface area contributed by atoms with Gasteiger partial charge in [-0.15, -0.1) is 0 Å². The van der Waals surface area contributed by atoms with Crippen LogP contribution in [0.4, 0.5) is 15.8 Å². The van der Waals surface area contributed by atoms with E-state index in [1.54, 1.807) is 0 Å². The van der Waals surface area contributed by atoms with Crippen molar-refractivity contribution in [2.45, 2.75) is 68.4 Å². The van der Waals surface area contributed by atoms with E-state index in [4.69, 9.17) is 5.73 Å². The zero-order valence-corrected chi connectivity index (χ0v) is 24.8. The molecule has 9 heteroatoms. The van der Waals surface area contributed by atoms with Gasteiger partial charge in [0, 0.05) is 68.5 Å². The number of aromatic nitrogens is 2. The monoisotopic (exact) mass is 578 g/mol. The molecule has 2 aromatic carbocycles. The SMILES string of the molecule is Nc1ccc(N2CCC(N3CCN(CCc4cc(F)c5c(=O)[nH]c(CSC6CCCCC6)nc5c4)CC3)CC2)cc1. The summed E-state index contributed by atoms with van der Waals surface area (Å²) in [7, 11) is 0. The molecule has 0 spiro atoms. The van der Waals surface area contributed by atoms with Crippen molar-refractivity contribution in [3.8, 4) is 0 Å². The average Bonchev–Trinajstić information content (AvgIpc) is 3.00. The van der Waals surface area contributed by atoms with Gasteiger partial charge < -0.3 is 20.5 Å². The Bertz CT molecular complexity index is 1360. The van der Waals surface area contributed by atoms with Crippen LogP contribution in [0.1, 0.15) is 56.3 Å². The number of thioether (sulfide) groups is 1. The summed E-state index contributed by atoms with van der Waals surface area (Å²) in [4.78, 5) is 27.8. The van der Waals surface area contributed by atoms with Crippen LogP contribution in [0, 0.1) is 5.82 Å². The molecular weight excluding hydrogens is 535 g/mol. The van der Waals surface area contributed by atoms with E-state index >= 15 is 0 Å². The summed E-state index contributed by atoms with van der Waals surface area (Å²) in [6.45, 7) is 7.29. The number of nitrogen functional groups attached to an aromatic ring is 1. The summed E-state index contributed by atoms with van der Waals surface area (Å²) < 4.78 is 15.0. The molecule has 220 valence electrons. The molecule has 0 atom stereocenters. The number of hydrogen-bond acceptors (Lipinski definition) is 7. The third-order valence-corrected chi connectivity index (χ3v) is 10.6. The Hall–Kier alpha value is -2.62. The Morgan fingerprint density at radius 1 is 0.951 bits per heavy atom. The summed E-state index contributed by atoms with van der Waals surface area (Å²) in [5, 5.41) is 0.715. The van der Waals surface area contributed by atoms with Crippen molar-refractivity contribution in [2.24, 2.45) is 0 Å². The van der Waals surface area contributed by atoms with Gasteiger partial charge in [0.15, 0.2) is 0 Å². The summed E-state index contributed by atoms with van der Waals surface area (Å²) in [5.74, 6) is 0.866. The van der Waals surface area contributed by atoms with Crippen LogP contribution in [0.5, 0.6) is 0 Å². The molecule has 1 aliphatic carbocycles. The number of nitrogens with two attached hydrogens (primary N) is 1. The summed E-state index contributed by atoms with van der Waals surface area (Å²) in [6.07, 6.45) is 9.50. The van der Waals surface area contributed by atoms with E-state index in [1.807, 2.05) is 30.0 Å². The zero-order chi connectivity index (χ0) is 28.2. The van der Waals surface area contributed by atoms with Gasteiger partial charge in [-0.2, -0.15) is 11.8 Å². The Morgan fingerprint density at radius 2 is 1.68 bits per heavy atom. The van der Waals surface area contributed by atoms with Crippen molar-refractivity contribution in [2.75, 3.05) is 56.4 Å². The van der Waals surface area contributed by atoms with E-state index in [0.29, 0.717) is 28.4 Å². The fraction of sp³-hybridized carbons (Fsp3) is 0.562. The fourth-order valence-corrected chi connectivity index (χ4v) is 7.98. The highest BCUT2D eigenvalue weighted by Crippen LogP contribution is 2.30. The zero-order valence-electron chi connectivity index (χ0n) is 24.0. The van der Waals surface area contributed by atoms with Crippen molar-refractivity contribution < 1.29 is 4.39 Å². The molecule has 7 nitrogen and oxygen atoms in total. The minimum absolute atomic E-state index is 0.0798. The number of nitrogens with zero attached hydrogens (tertiary/aromatic N) is 4. The molecule has 0 amide bonds. The lowest BCUT2D eigenvalue weighted by Crippen LogP contribution is -2.53. The first kappa shape index (κ1) is 28.5. The van der Waals surface area contributed by atoms with Crippen LogP contribution in [0.25, 0.3) is 10.9 Å². The summed E-state index contributed by atoms with van der Waals surface area (Å²) in [6, 6.07) is 12.3. The molecule has 0 unspecified atom stereocenters. The second-order valence-corrected chi connectivity index (χ2v) is 13.3. The second-order valence-electron chi connectivity index (χ2n) is 12.0. The molecule has 1 aromatic heterocycles. The number of hydrogen-bond donors (Lipinski definition) is 2. The molecule has 3 heterocycles. The van der Waals surface area contributed by atoms with E-state index in [0.717, 1.165) is 63.5 Å². The van der Waals surface area contributed by atoms with Crippen molar-refractivity contribution in [1.82, 2.24) is 19.8 Å². The molecule has 3 fully saturated rings. The standard InChI is InChI=1S/C32H43FN6OS/c33-28-20-23(21-29-31(28)32(40)36-30(35-29)22-41-27-4-2-1-3-5-27)10-13-37-16-18-39(19-17-37)26-11-14-38(15-12-26)25-8-6-24(34)7-9-25/h6-9,20-21,26-27H,1-5,10-19,22,34H2,(H,35,36,40). The number of anilines is 2. The number of halogens is 1. The number of rotatable bonds is 8. The first-order chi connectivity index (χ1) is 20.0. The van der Waals surface area contributed by atoms with Gasteiger partial charge in [-0.25, -0.2) is 9.37 Å². The summed E-state index contributed by atoms with van der Waals surface area (Å²) in [5.41, 5.74) is 8.96. The Kier molecular flexibility index (Phi) is 9.13. The van der Waals surface area contributed by atoms with Crippen LogP contribution < -0.4 is 16.2 Å². The highest BCUT2D eigenvalue weighted by Gasteiger charge is 2.27. The Balaban J connectivity index is 0.994. The molecule has 2 aliphatic heterocycles. The van der Waals surface area contributed by atoms with E-state index in [1.165, 1.54) is 56.7 Å². The van der Waals surface area contributed by atoms with Gasteiger partial charge in [-0.05, 0) is 74.1 Å². The van der Waals surface area contributed by atoms with Crippen LogP contribution in [-0.4, -0.2) is 76.9 Å². The van der Waals surface area contributed by atoms with E-state index in [2.05, 4.69) is 36.8 Å². The maximum absolute atomic E-state index is 15.0. The van der Waals surface area contributed by atoms with Crippen molar-refractivity contribution >= 4 is 34.0 Å². The van der Waals surface area contributed by atoms with E-state index < -0.39 is 5.82 Å². The highest BCUT2D eigenvalue weighted by atomic mass is 32.2. The largest absolute Gasteiger partial charge is 0.399 e. The van der Waals surface area contributed by atoms with Crippen LogP contribution in [0.15, 0.2) is 41.2 Å². The first-order valence-corrected chi connectivity index (χ1v) is 16.5.